The van der Waals surface area contributed by atoms with Crippen LogP contribution in [-0.2, 0) is 11.3 Å². The average Bonchev–Trinajstić information content (AvgIpc) is 3.10. The van der Waals surface area contributed by atoms with Crippen LogP contribution in [0.15, 0.2) is 28.7 Å². The van der Waals surface area contributed by atoms with E-state index in [0.717, 1.165) is 36.7 Å². The average molecular weight is 321 g/mol. The Bertz CT molecular complexity index is 314. The van der Waals surface area contributed by atoms with Crippen LogP contribution < -0.4 is 5.32 Å². The molecule has 1 aliphatic rings. The number of rotatable bonds is 7. The van der Waals surface area contributed by atoms with Crippen LogP contribution in [0.2, 0.25) is 0 Å². The van der Waals surface area contributed by atoms with Gasteiger partial charge in [0.2, 0.25) is 0 Å². The first-order valence-corrected chi connectivity index (χ1v) is 6.67. The van der Waals surface area contributed by atoms with Crippen molar-refractivity contribution in [2.45, 2.75) is 19.4 Å². The molecule has 2 rings (SSSR count). The first kappa shape index (κ1) is 15.0. The molecule has 0 radical (unpaired) electrons. The number of hydrogen-bond acceptors (Lipinski definition) is 2. The van der Waals surface area contributed by atoms with Gasteiger partial charge in [0.05, 0.1) is 6.61 Å². The summed E-state index contributed by atoms with van der Waals surface area (Å²) in [5.74, 6) is 0.867. The highest BCUT2D eigenvalue weighted by atomic mass is 79.9. The number of benzene rings is 1. The Balaban J connectivity index is 0.00000144. The molecule has 17 heavy (non-hydrogen) atoms. The lowest BCUT2D eigenvalue weighted by Crippen LogP contribution is -2.19. The molecule has 0 aromatic heterocycles. The van der Waals surface area contributed by atoms with Gasteiger partial charge in [0.25, 0.3) is 0 Å². The molecule has 0 heterocycles. The summed E-state index contributed by atoms with van der Waals surface area (Å²) >= 11 is 3.43. The van der Waals surface area contributed by atoms with E-state index in [2.05, 4.69) is 45.5 Å². The van der Waals surface area contributed by atoms with Gasteiger partial charge in [-0.1, -0.05) is 28.1 Å². The van der Waals surface area contributed by atoms with E-state index in [0.29, 0.717) is 0 Å². The fourth-order valence-electron chi connectivity index (χ4n) is 1.51. The SMILES string of the molecule is Brc1ccc(CNCCOCC2CC2)cc1.Cl. The van der Waals surface area contributed by atoms with Crippen molar-refractivity contribution in [3.63, 3.8) is 0 Å². The zero-order valence-electron chi connectivity index (χ0n) is 9.82. The maximum atomic E-state index is 5.54. The predicted molar refractivity (Wildman–Crippen MR) is 76.6 cm³/mol. The predicted octanol–water partition coefficient (Wildman–Crippen LogP) is 3.39. The van der Waals surface area contributed by atoms with E-state index >= 15 is 0 Å². The van der Waals surface area contributed by atoms with E-state index in [4.69, 9.17) is 4.74 Å². The van der Waals surface area contributed by atoms with Crippen molar-refractivity contribution in [3.8, 4) is 0 Å². The van der Waals surface area contributed by atoms with Crippen molar-refractivity contribution < 1.29 is 4.74 Å². The van der Waals surface area contributed by atoms with Crippen molar-refractivity contribution >= 4 is 28.3 Å². The zero-order valence-corrected chi connectivity index (χ0v) is 12.2. The zero-order chi connectivity index (χ0) is 11.2. The molecule has 1 saturated carbocycles. The number of ether oxygens (including phenoxy) is 1. The summed E-state index contributed by atoms with van der Waals surface area (Å²) in [5, 5.41) is 3.37. The molecule has 1 aliphatic carbocycles. The molecule has 1 aromatic rings. The third kappa shape index (κ3) is 6.41. The fraction of sp³-hybridized carbons (Fsp3) is 0.538. The number of nitrogens with one attached hydrogen (secondary N) is 1. The minimum absolute atomic E-state index is 0. The molecule has 0 amide bonds. The summed E-state index contributed by atoms with van der Waals surface area (Å²) < 4.78 is 6.67. The summed E-state index contributed by atoms with van der Waals surface area (Å²) in [6.45, 7) is 3.63. The van der Waals surface area contributed by atoms with Gasteiger partial charge in [-0.15, -0.1) is 12.4 Å². The maximum Gasteiger partial charge on any atom is 0.0591 e. The molecule has 0 atom stereocenters. The normalized spacial score (nSPS) is 14.4. The first-order valence-electron chi connectivity index (χ1n) is 5.87. The Labute approximate surface area is 118 Å². The van der Waals surface area contributed by atoms with Gasteiger partial charge in [-0.05, 0) is 36.5 Å². The lowest BCUT2D eigenvalue weighted by Gasteiger charge is -2.06. The summed E-state index contributed by atoms with van der Waals surface area (Å²) in [7, 11) is 0. The van der Waals surface area contributed by atoms with E-state index in [-0.39, 0.29) is 12.4 Å². The minimum atomic E-state index is 0. The Morgan fingerprint density at radius 1 is 1.24 bits per heavy atom. The molecule has 1 N–H and O–H groups in total. The van der Waals surface area contributed by atoms with Gasteiger partial charge >= 0.3 is 0 Å². The van der Waals surface area contributed by atoms with Gasteiger partial charge in [-0.2, -0.15) is 0 Å². The second kappa shape index (κ2) is 8.09. The smallest absolute Gasteiger partial charge is 0.0591 e. The Morgan fingerprint density at radius 3 is 2.59 bits per heavy atom. The Morgan fingerprint density at radius 2 is 1.94 bits per heavy atom. The minimum Gasteiger partial charge on any atom is -0.380 e. The number of hydrogen-bond donors (Lipinski definition) is 1. The second-order valence-electron chi connectivity index (χ2n) is 4.32. The standard InChI is InChI=1S/C13H18BrNO.ClH/c14-13-5-3-11(4-6-13)9-15-7-8-16-10-12-1-2-12;/h3-6,12,15H,1-2,7-10H2;1H. The third-order valence-electron chi connectivity index (χ3n) is 2.72. The largest absolute Gasteiger partial charge is 0.380 e. The summed E-state index contributed by atoms with van der Waals surface area (Å²) in [5.41, 5.74) is 1.31. The van der Waals surface area contributed by atoms with Gasteiger partial charge in [-0.25, -0.2) is 0 Å². The molecule has 0 spiro atoms. The molecule has 96 valence electrons. The Kier molecular flexibility index (Phi) is 7.12. The van der Waals surface area contributed by atoms with Crippen LogP contribution in [0.5, 0.6) is 0 Å². The second-order valence-corrected chi connectivity index (χ2v) is 5.24. The molecule has 0 bridgehead atoms. The number of halogens is 2. The maximum absolute atomic E-state index is 5.54. The van der Waals surface area contributed by atoms with Gasteiger partial charge < -0.3 is 10.1 Å². The highest BCUT2D eigenvalue weighted by Crippen LogP contribution is 2.28. The van der Waals surface area contributed by atoms with Crippen LogP contribution >= 0.6 is 28.3 Å². The van der Waals surface area contributed by atoms with Gasteiger partial charge in [0.1, 0.15) is 0 Å². The van der Waals surface area contributed by atoms with Gasteiger partial charge in [0, 0.05) is 24.2 Å². The van der Waals surface area contributed by atoms with E-state index in [1.165, 1.54) is 18.4 Å². The van der Waals surface area contributed by atoms with Gasteiger partial charge in [0.15, 0.2) is 0 Å². The summed E-state index contributed by atoms with van der Waals surface area (Å²) in [6.07, 6.45) is 2.73. The van der Waals surface area contributed by atoms with Crippen molar-refractivity contribution in [1.29, 1.82) is 0 Å². The quantitative estimate of drug-likeness (QED) is 0.778. The molecular weight excluding hydrogens is 302 g/mol. The van der Waals surface area contributed by atoms with Crippen molar-refractivity contribution in [3.05, 3.63) is 34.3 Å². The van der Waals surface area contributed by atoms with Crippen LogP contribution in [0.3, 0.4) is 0 Å². The highest BCUT2D eigenvalue weighted by Gasteiger charge is 2.20. The summed E-state index contributed by atoms with van der Waals surface area (Å²) in [6, 6.07) is 8.39. The molecular formula is C13H19BrClNO. The first-order chi connectivity index (χ1) is 7.84. The fourth-order valence-corrected chi connectivity index (χ4v) is 1.78. The van der Waals surface area contributed by atoms with Crippen LogP contribution in [0.4, 0.5) is 0 Å². The van der Waals surface area contributed by atoms with Crippen molar-refractivity contribution in [2.75, 3.05) is 19.8 Å². The molecule has 1 fully saturated rings. The van der Waals surface area contributed by atoms with Gasteiger partial charge in [-0.3, -0.25) is 0 Å². The Hall–Kier alpha value is -0.0900. The monoisotopic (exact) mass is 319 g/mol. The molecule has 2 nitrogen and oxygen atoms in total. The van der Waals surface area contributed by atoms with E-state index in [1.54, 1.807) is 0 Å². The topological polar surface area (TPSA) is 21.3 Å². The van der Waals surface area contributed by atoms with Crippen LogP contribution in [0, 0.1) is 5.92 Å². The third-order valence-corrected chi connectivity index (χ3v) is 3.24. The highest BCUT2D eigenvalue weighted by molar-refractivity contribution is 9.10. The van der Waals surface area contributed by atoms with Crippen LogP contribution in [0.25, 0.3) is 0 Å². The van der Waals surface area contributed by atoms with E-state index in [9.17, 15) is 0 Å². The molecule has 0 aliphatic heterocycles. The molecule has 4 heteroatoms. The molecule has 1 aromatic carbocycles. The van der Waals surface area contributed by atoms with Crippen molar-refractivity contribution in [2.24, 2.45) is 5.92 Å². The molecule has 0 saturated heterocycles. The van der Waals surface area contributed by atoms with Crippen LogP contribution in [-0.4, -0.2) is 19.8 Å². The van der Waals surface area contributed by atoms with Crippen LogP contribution in [0.1, 0.15) is 18.4 Å². The van der Waals surface area contributed by atoms with E-state index < -0.39 is 0 Å². The lowest BCUT2D eigenvalue weighted by atomic mass is 10.2. The summed E-state index contributed by atoms with van der Waals surface area (Å²) in [4.78, 5) is 0. The lowest BCUT2D eigenvalue weighted by molar-refractivity contribution is 0.126. The molecule has 0 unspecified atom stereocenters. The van der Waals surface area contributed by atoms with E-state index in [1.807, 2.05) is 0 Å². The van der Waals surface area contributed by atoms with Crippen molar-refractivity contribution in [1.82, 2.24) is 5.32 Å².